The Morgan fingerprint density at radius 1 is 1.00 bits per heavy atom. The van der Waals surface area contributed by atoms with Gasteiger partial charge < -0.3 is 0 Å². The fourth-order valence-corrected chi connectivity index (χ4v) is 7.48. The Morgan fingerprint density at radius 2 is 1.77 bits per heavy atom. The summed E-state index contributed by atoms with van der Waals surface area (Å²) in [6.45, 7) is 12.7. The van der Waals surface area contributed by atoms with Crippen molar-refractivity contribution in [1.82, 2.24) is 0 Å². The second-order valence-corrected chi connectivity index (χ2v) is 10.1. The Hall–Kier alpha value is 0. The van der Waals surface area contributed by atoms with Crippen LogP contribution in [0.15, 0.2) is 0 Å². The average molecular weight is 305 g/mol. The third-order valence-corrected chi connectivity index (χ3v) is 8.56. The molecule has 3 fully saturated rings. The van der Waals surface area contributed by atoms with Crippen LogP contribution in [0.3, 0.4) is 0 Å². The highest BCUT2D eigenvalue weighted by molar-refractivity contribution is 5.05. The molecule has 0 radical (unpaired) electrons. The first kappa shape index (κ1) is 16.8. The van der Waals surface area contributed by atoms with E-state index in [4.69, 9.17) is 0 Å². The fraction of sp³-hybridized carbons (Fsp3) is 1.00. The van der Waals surface area contributed by atoms with E-state index in [9.17, 15) is 0 Å². The minimum absolute atomic E-state index is 0.654. The normalized spacial score (nSPS) is 48.8. The topological polar surface area (TPSA) is 0 Å². The van der Waals surface area contributed by atoms with Gasteiger partial charge in [0, 0.05) is 0 Å². The zero-order valence-electron chi connectivity index (χ0n) is 16.0. The van der Waals surface area contributed by atoms with E-state index >= 15 is 0 Å². The Morgan fingerprint density at radius 3 is 2.45 bits per heavy atom. The van der Waals surface area contributed by atoms with Gasteiger partial charge in [-0.3, -0.25) is 0 Å². The lowest BCUT2D eigenvalue weighted by Gasteiger charge is -2.62. The Kier molecular flexibility index (Phi) is 4.70. The fourth-order valence-electron chi connectivity index (χ4n) is 7.48. The number of hydrogen-bond donors (Lipinski definition) is 0. The molecular formula is C22H40. The standard InChI is InChI=1S/C22H40/c1-6-12-21(4)13-7-14-22(5)19-10-8-17(16(2)3)15-18(19)9-11-20(21)22/h16-20H,6-15H2,1-5H3/t17?,18?,19-,20?,21+,22-/m1/s1. The van der Waals surface area contributed by atoms with Crippen molar-refractivity contribution >= 4 is 0 Å². The molecule has 0 aromatic heterocycles. The highest BCUT2D eigenvalue weighted by Gasteiger charge is 2.56. The van der Waals surface area contributed by atoms with Gasteiger partial charge in [-0.1, -0.05) is 47.5 Å². The minimum Gasteiger partial charge on any atom is -0.0654 e. The summed E-state index contributed by atoms with van der Waals surface area (Å²) in [6, 6.07) is 0. The molecule has 0 aromatic carbocycles. The smallest absolute Gasteiger partial charge is 0.0261 e. The van der Waals surface area contributed by atoms with Crippen LogP contribution in [0.1, 0.15) is 98.8 Å². The van der Waals surface area contributed by atoms with Crippen molar-refractivity contribution < 1.29 is 0 Å². The minimum atomic E-state index is 0.654. The van der Waals surface area contributed by atoms with E-state index in [1.54, 1.807) is 25.7 Å². The lowest BCUT2D eigenvalue weighted by molar-refractivity contribution is -0.125. The molecule has 3 saturated carbocycles. The van der Waals surface area contributed by atoms with Gasteiger partial charge in [-0.15, -0.1) is 0 Å². The maximum Gasteiger partial charge on any atom is -0.0261 e. The molecule has 6 atom stereocenters. The van der Waals surface area contributed by atoms with Crippen LogP contribution in [0, 0.1) is 40.4 Å². The highest BCUT2D eigenvalue weighted by atomic mass is 14.6. The van der Waals surface area contributed by atoms with Crippen LogP contribution in [0.2, 0.25) is 0 Å². The Labute approximate surface area is 139 Å². The molecule has 0 amide bonds. The molecule has 0 spiro atoms. The largest absolute Gasteiger partial charge is 0.0654 e. The zero-order valence-corrected chi connectivity index (χ0v) is 16.0. The Balaban J connectivity index is 1.81. The van der Waals surface area contributed by atoms with Gasteiger partial charge >= 0.3 is 0 Å². The predicted molar refractivity (Wildman–Crippen MR) is 96.9 cm³/mol. The summed E-state index contributed by atoms with van der Waals surface area (Å²) < 4.78 is 0. The van der Waals surface area contributed by atoms with Crippen molar-refractivity contribution in [2.75, 3.05) is 0 Å². The van der Waals surface area contributed by atoms with E-state index in [1.165, 1.54) is 38.5 Å². The summed E-state index contributed by atoms with van der Waals surface area (Å²) in [5.74, 6) is 5.06. The van der Waals surface area contributed by atoms with Crippen molar-refractivity contribution in [3.63, 3.8) is 0 Å². The molecular weight excluding hydrogens is 264 g/mol. The van der Waals surface area contributed by atoms with E-state index < -0.39 is 0 Å². The quantitative estimate of drug-likeness (QED) is 0.522. The molecule has 0 heterocycles. The summed E-state index contributed by atoms with van der Waals surface area (Å²) in [4.78, 5) is 0. The lowest BCUT2D eigenvalue weighted by Crippen LogP contribution is -2.53. The first-order valence-electron chi connectivity index (χ1n) is 10.4. The number of hydrogen-bond acceptors (Lipinski definition) is 0. The number of rotatable bonds is 3. The number of fused-ring (bicyclic) bond motifs is 3. The van der Waals surface area contributed by atoms with Crippen LogP contribution in [0.5, 0.6) is 0 Å². The molecule has 0 aliphatic heterocycles. The van der Waals surface area contributed by atoms with Gasteiger partial charge in [0.2, 0.25) is 0 Å². The molecule has 0 aromatic rings. The van der Waals surface area contributed by atoms with Crippen LogP contribution in [-0.2, 0) is 0 Å². The van der Waals surface area contributed by atoms with Gasteiger partial charge in [-0.25, -0.2) is 0 Å². The molecule has 0 saturated heterocycles. The van der Waals surface area contributed by atoms with Gasteiger partial charge in [0.1, 0.15) is 0 Å². The first-order valence-corrected chi connectivity index (χ1v) is 10.4. The SMILES string of the molecule is CCC[C@@]1(C)CCC[C@@]2(C)C1CCC1CC(C(C)C)CC[C@H]12. The monoisotopic (exact) mass is 304 g/mol. The molecule has 0 N–H and O–H groups in total. The molecule has 0 nitrogen and oxygen atoms in total. The molecule has 0 bridgehead atoms. The molecule has 3 aliphatic carbocycles. The molecule has 0 heteroatoms. The zero-order chi connectivity index (χ0) is 16.0. The maximum atomic E-state index is 2.72. The van der Waals surface area contributed by atoms with Crippen LogP contribution in [0.4, 0.5) is 0 Å². The summed E-state index contributed by atoms with van der Waals surface area (Å²) in [7, 11) is 0. The van der Waals surface area contributed by atoms with Crippen molar-refractivity contribution in [1.29, 1.82) is 0 Å². The van der Waals surface area contributed by atoms with Crippen molar-refractivity contribution in [2.24, 2.45) is 40.4 Å². The van der Waals surface area contributed by atoms with Crippen LogP contribution < -0.4 is 0 Å². The maximum absolute atomic E-state index is 2.72. The molecule has 3 aliphatic rings. The highest BCUT2D eigenvalue weighted by Crippen LogP contribution is 2.65. The van der Waals surface area contributed by atoms with E-state index in [2.05, 4.69) is 34.6 Å². The lowest BCUT2D eigenvalue weighted by atomic mass is 9.43. The van der Waals surface area contributed by atoms with E-state index in [0.717, 1.165) is 29.6 Å². The van der Waals surface area contributed by atoms with Gasteiger partial charge in [0.05, 0.1) is 0 Å². The first-order chi connectivity index (χ1) is 10.4. The molecule has 128 valence electrons. The molecule has 3 rings (SSSR count). The van der Waals surface area contributed by atoms with Gasteiger partial charge in [0.25, 0.3) is 0 Å². The van der Waals surface area contributed by atoms with E-state index in [-0.39, 0.29) is 0 Å². The van der Waals surface area contributed by atoms with E-state index in [1.807, 2.05) is 0 Å². The Bertz CT molecular complexity index is 379. The van der Waals surface area contributed by atoms with Crippen molar-refractivity contribution in [3.05, 3.63) is 0 Å². The van der Waals surface area contributed by atoms with Crippen LogP contribution >= 0.6 is 0 Å². The summed E-state index contributed by atoms with van der Waals surface area (Å²) in [5, 5.41) is 0. The second kappa shape index (κ2) is 6.14. The summed E-state index contributed by atoms with van der Waals surface area (Å²) in [5.41, 5.74) is 1.33. The summed E-state index contributed by atoms with van der Waals surface area (Å²) >= 11 is 0. The van der Waals surface area contributed by atoms with Crippen molar-refractivity contribution in [3.8, 4) is 0 Å². The third-order valence-electron chi connectivity index (χ3n) is 8.56. The molecule has 22 heavy (non-hydrogen) atoms. The van der Waals surface area contributed by atoms with Gasteiger partial charge in [0.15, 0.2) is 0 Å². The van der Waals surface area contributed by atoms with E-state index in [0.29, 0.717) is 10.8 Å². The molecule has 3 unspecified atom stereocenters. The van der Waals surface area contributed by atoms with Crippen LogP contribution in [0.25, 0.3) is 0 Å². The second-order valence-electron chi connectivity index (χ2n) is 10.1. The summed E-state index contributed by atoms with van der Waals surface area (Å²) in [6.07, 6.45) is 15.1. The average Bonchev–Trinajstić information content (AvgIpc) is 2.46. The van der Waals surface area contributed by atoms with Gasteiger partial charge in [-0.2, -0.15) is 0 Å². The van der Waals surface area contributed by atoms with Gasteiger partial charge in [-0.05, 0) is 91.8 Å². The van der Waals surface area contributed by atoms with Crippen LogP contribution in [-0.4, -0.2) is 0 Å². The predicted octanol–water partition coefficient (Wildman–Crippen LogP) is 7.08. The van der Waals surface area contributed by atoms with Crippen molar-refractivity contribution in [2.45, 2.75) is 98.8 Å². The third kappa shape index (κ3) is 2.67.